The van der Waals surface area contributed by atoms with Gasteiger partial charge in [-0.3, -0.25) is 39.0 Å². The first-order chi connectivity index (χ1) is 27.1. The molecule has 0 aromatic heterocycles. The molecule has 0 aliphatic heterocycles. The van der Waals surface area contributed by atoms with Crippen molar-refractivity contribution in [3.05, 3.63) is 58.7 Å². The fraction of sp³-hybridized carbons (Fsp3) is 0.591. The molecule has 0 radical (unpaired) electrons. The van der Waals surface area contributed by atoms with Gasteiger partial charge in [-0.1, -0.05) is 25.1 Å². The molecule has 6 aliphatic carbocycles. The molecule has 2 aromatic carbocycles. The van der Waals surface area contributed by atoms with Crippen molar-refractivity contribution in [3.8, 4) is 11.5 Å². The first kappa shape index (κ1) is 39.5. The molecule has 0 spiro atoms. The Labute approximate surface area is 331 Å². The summed E-state index contributed by atoms with van der Waals surface area (Å²) in [7, 11) is 3.07. The van der Waals surface area contributed by atoms with E-state index in [2.05, 4.69) is 29.7 Å². The van der Waals surface area contributed by atoms with E-state index < -0.39 is 75.7 Å². The number of aromatic hydroxyl groups is 1. The Bertz CT molecular complexity index is 2060. The number of ketones is 5. The minimum absolute atomic E-state index is 0.115. The van der Waals surface area contributed by atoms with Gasteiger partial charge < -0.3 is 25.4 Å². The molecule has 5 N–H and O–H groups in total. The van der Waals surface area contributed by atoms with E-state index >= 15 is 0 Å². The van der Waals surface area contributed by atoms with Gasteiger partial charge in [0.15, 0.2) is 34.7 Å². The van der Waals surface area contributed by atoms with E-state index in [9.17, 15) is 44.1 Å². The molecule has 2 aromatic rings. The lowest BCUT2D eigenvalue weighted by molar-refractivity contribution is -0.188. The number of hydrogen-bond acceptors (Lipinski definition) is 12. The van der Waals surface area contributed by atoms with E-state index in [4.69, 9.17) is 4.74 Å². The molecule has 0 saturated heterocycles. The van der Waals surface area contributed by atoms with Gasteiger partial charge in [-0.2, -0.15) is 0 Å². The van der Waals surface area contributed by atoms with Gasteiger partial charge in [0.05, 0.1) is 29.8 Å². The third-order valence-corrected chi connectivity index (χ3v) is 15.1. The number of nitrogens with one attached hydrogen (secondary N) is 2. The standard InChI is InChI=1S/C44H53N3O10/c1-5-43-16-15-25-24-12-10-23(19-22(24)9-11-26(25)27(43)13-14-32(43)49)57-18-17-45-21-46-41(54)35-38(51)36(47(3)4)30-20-29-34(39(52)44(30,56)40(35)53)37(50)33-28(42(29,2)55)7-6-8-31(33)48/h6-8,10,12,19,25-27,29-30,34-36,45,48,55-56H,5,9,11,13-18,20-21H2,1-4H3,(H,46,54). The third kappa shape index (κ3) is 5.78. The van der Waals surface area contributed by atoms with E-state index in [1.807, 2.05) is 6.07 Å². The Morgan fingerprint density at radius 1 is 0.965 bits per heavy atom. The minimum Gasteiger partial charge on any atom is -0.507 e. The number of ether oxygens (including phenoxy) is 1. The maximum atomic E-state index is 14.3. The molecule has 1 amide bonds. The number of aliphatic hydroxyl groups is 2. The summed E-state index contributed by atoms with van der Waals surface area (Å²) in [4.78, 5) is 84.0. The number of rotatable bonds is 9. The highest BCUT2D eigenvalue weighted by molar-refractivity contribution is 6.32. The van der Waals surface area contributed by atoms with Crippen molar-refractivity contribution in [2.24, 2.45) is 40.9 Å². The quantitative estimate of drug-likeness (QED) is 0.142. The molecule has 8 rings (SSSR count). The highest BCUT2D eigenvalue weighted by atomic mass is 16.5. The van der Waals surface area contributed by atoms with Gasteiger partial charge in [0.1, 0.15) is 23.9 Å². The second-order valence-corrected chi connectivity index (χ2v) is 17.7. The fourth-order valence-electron chi connectivity index (χ4n) is 12.3. The van der Waals surface area contributed by atoms with Gasteiger partial charge in [-0.05, 0) is 119 Å². The molecule has 13 heteroatoms. The molecule has 57 heavy (non-hydrogen) atoms. The summed E-state index contributed by atoms with van der Waals surface area (Å²) >= 11 is 0. The van der Waals surface area contributed by atoms with Crippen LogP contribution >= 0.6 is 0 Å². The predicted octanol–water partition coefficient (Wildman–Crippen LogP) is 2.60. The van der Waals surface area contributed by atoms with E-state index in [1.54, 1.807) is 0 Å². The van der Waals surface area contributed by atoms with E-state index in [0.717, 1.165) is 50.7 Å². The zero-order chi connectivity index (χ0) is 40.8. The number of hydrogen-bond donors (Lipinski definition) is 5. The van der Waals surface area contributed by atoms with Crippen molar-refractivity contribution in [2.75, 3.05) is 33.9 Å². The number of Topliss-reactive ketones (excluding diaryl/α,β-unsaturated/α-hetero) is 5. The summed E-state index contributed by atoms with van der Waals surface area (Å²) in [5.74, 6) is -9.02. The molecule has 0 heterocycles. The second kappa shape index (κ2) is 14.2. The lowest BCUT2D eigenvalue weighted by Crippen LogP contribution is -2.75. The molecular formula is C44H53N3O10. The average molecular weight is 784 g/mol. The van der Waals surface area contributed by atoms with Crippen LogP contribution in [0.5, 0.6) is 11.5 Å². The van der Waals surface area contributed by atoms with Gasteiger partial charge in [-0.15, -0.1) is 0 Å². The van der Waals surface area contributed by atoms with Gasteiger partial charge in [-0.25, -0.2) is 0 Å². The Kier molecular flexibility index (Phi) is 9.85. The highest BCUT2D eigenvalue weighted by Crippen LogP contribution is 2.61. The first-order valence-electron chi connectivity index (χ1n) is 20.5. The zero-order valence-electron chi connectivity index (χ0n) is 33.0. The van der Waals surface area contributed by atoms with Crippen molar-refractivity contribution in [1.82, 2.24) is 15.5 Å². The molecule has 11 atom stereocenters. The number of carbonyl (C=O) groups is 6. The Hall–Kier alpha value is -4.30. The monoisotopic (exact) mass is 783 g/mol. The Morgan fingerprint density at radius 3 is 2.47 bits per heavy atom. The van der Waals surface area contributed by atoms with Crippen LogP contribution in [0.4, 0.5) is 0 Å². The van der Waals surface area contributed by atoms with Crippen LogP contribution in [0.15, 0.2) is 36.4 Å². The summed E-state index contributed by atoms with van der Waals surface area (Å²) in [6.07, 6.45) is 6.47. The molecule has 4 fully saturated rings. The lowest BCUT2D eigenvalue weighted by Gasteiger charge is -2.55. The molecule has 304 valence electrons. The summed E-state index contributed by atoms with van der Waals surface area (Å²) < 4.78 is 6.04. The van der Waals surface area contributed by atoms with Crippen LogP contribution in [0, 0.1) is 40.9 Å². The number of benzene rings is 2. The number of phenols is 1. The topological polar surface area (TPSA) is 200 Å². The maximum absolute atomic E-state index is 14.3. The second-order valence-electron chi connectivity index (χ2n) is 17.7. The van der Waals surface area contributed by atoms with Crippen LogP contribution in [-0.4, -0.2) is 101 Å². The average Bonchev–Trinajstić information content (AvgIpc) is 3.52. The largest absolute Gasteiger partial charge is 0.507 e. The highest BCUT2D eigenvalue weighted by Gasteiger charge is 2.71. The number of carbonyl (C=O) groups excluding carboxylic acids is 6. The Morgan fingerprint density at radius 2 is 1.74 bits per heavy atom. The number of nitrogens with zero attached hydrogens (tertiary/aromatic N) is 1. The molecule has 11 unspecified atom stereocenters. The lowest BCUT2D eigenvalue weighted by atomic mass is 9.49. The summed E-state index contributed by atoms with van der Waals surface area (Å²) in [6.45, 7) is 4.03. The van der Waals surface area contributed by atoms with Crippen LogP contribution in [0.2, 0.25) is 0 Å². The molecule has 6 aliphatic rings. The zero-order valence-corrected chi connectivity index (χ0v) is 33.0. The van der Waals surface area contributed by atoms with Crippen LogP contribution in [0.3, 0.4) is 0 Å². The molecule has 4 saturated carbocycles. The normalized spacial score (nSPS) is 36.8. The van der Waals surface area contributed by atoms with Crippen molar-refractivity contribution in [1.29, 1.82) is 0 Å². The van der Waals surface area contributed by atoms with Crippen molar-refractivity contribution in [2.45, 2.75) is 88.4 Å². The summed E-state index contributed by atoms with van der Waals surface area (Å²) in [5, 5.41) is 39.9. The molecular weight excluding hydrogens is 730 g/mol. The van der Waals surface area contributed by atoms with Gasteiger partial charge in [0, 0.05) is 30.2 Å². The SMILES string of the molecule is CCC12CCC3c4ccc(OCCNCNC(=O)C5C(=O)C(N(C)C)C6CC7C(C(=O)c8c(O)cccc8C7(C)O)C(=O)C6(O)C5=O)cc4CCC3C1CCC2=O. The maximum Gasteiger partial charge on any atom is 0.239 e. The number of amides is 1. The van der Waals surface area contributed by atoms with E-state index in [1.165, 1.54) is 55.2 Å². The minimum atomic E-state index is -2.87. The van der Waals surface area contributed by atoms with Crippen LogP contribution in [0.25, 0.3) is 0 Å². The number of phenolic OH excluding ortho intramolecular Hbond substituents is 1. The summed E-state index contributed by atoms with van der Waals surface area (Å²) in [5.41, 5.74) is -2.30. The van der Waals surface area contributed by atoms with E-state index in [0.29, 0.717) is 30.1 Å². The summed E-state index contributed by atoms with van der Waals surface area (Å²) in [6, 6.07) is 9.20. The van der Waals surface area contributed by atoms with E-state index in [-0.39, 0.29) is 36.2 Å². The van der Waals surface area contributed by atoms with Gasteiger partial charge in [0.25, 0.3) is 0 Å². The predicted molar refractivity (Wildman–Crippen MR) is 205 cm³/mol. The van der Waals surface area contributed by atoms with Gasteiger partial charge >= 0.3 is 0 Å². The van der Waals surface area contributed by atoms with Crippen molar-refractivity contribution >= 4 is 34.8 Å². The fourth-order valence-corrected chi connectivity index (χ4v) is 12.3. The molecule has 0 bridgehead atoms. The number of aryl methyl sites for hydroxylation is 1. The first-order valence-corrected chi connectivity index (χ1v) is 20.5. The molecule has 13 nitrogen and oxygen atoms in total. The van der Waals surface area contributed by atoms with Gasteiger partial charge in [0.2, 0.25) is 5.91 Å². The Balaban J connectivity index is 0.895. The number of likely N-dealkylation sites (N-methyl/N-ethyl adjacent to an activating group) is 1. The number of fused-ring (bicyclic) bond motifs is 8. The smallest absolute Gasteiger partial charge is 0.239 e. The third-order valence-electron chi connectivity index (χ3n) is 15.1. The van der Waals surface area contributed by atoms with Crippen LogP contribution < -0.4 is 15.4 Å². The van der Waals surface area contributed by atoms with Crippen LogP contribution in [0.1, 0.15) is 91.8 Å². The van der Waals surface area contributed by atoms with Crippen LogP contribution in [-0.2, 0) is 36.0 Å². The van der Waals surface area contributed by atoms with Crippen molar-refractivity contribution in [3.63, 3.8) is 0 Å². The van der Waals surface area contributed by atoms with Crippen molar-refractivity contribution < 1.29 is 48.8 Å².